The van der Waals surface area contributed by atoms with E-state index in [1.807, 2.05) is 35.2 Å². The van der Waals surface area contributed by atoms with Crippen molar-refractivity contribution in [2.75, 3.05) is 24.5 Å². The quantitative estimate of drug-likeness (QED) is 0.852. The second-order valence-corrected chi connectivity index (χ2v) is 7.36. The van der Waals surface area contributed by atoms with E-state index in [1.165, 1.54) is 12.1 Å². The Balaban J connectivity index is 1.43. The van der Waals surface area contributed by atoms with Gasteiger partial charge in [0.2, 0.25) is 11.8 Å². The van der Waals surface area contributed by atoms with E-state index in [2.05, 4.69) is 0 Å². The average molecular weight is 352 g/mol. The summed E-state index contributed by atoms with van der Waals surface area (Å²) in [5, 5.41) is 0. The maximum Gasteiger partial charge on any atom is 0.227 e. The van der Waals surface area contributed by atoms with E-state index in [-0.39, 0.29) is 23.0 Å². The summed E-state index contributed by atoms with van der Waals surface area (Å²) in [5.41, 5.74) is 1.55. The monoisotopic (exact) mass is 352 g/mol. The van der Waals surface area contributed by atoms with Crippen molar-refractivity contribution in [1.29, 1.82) is 0 Å². The normalized spacial score (nSPS) is 22.4. The molecule has 0 saturated carbocycles. The molecule has 2 aliphatic rings. The zero-order valence-electron chi connectivity index (χ0n) is 14.5. The lowest BCUT2D eigenvalue weighted by Gasteiger charge is -2.24. The van der Waals surface area contributed by atoms with Gasteiger partial charge in [0.15, 0.2) is 0 Å². The number of nitrogens with zero attached hydrogens (tertiary/aromatic N) is 2. The summed E-state index contributed by atoms with van der Waals surface area (Å²) in [4.78, 5) is 28.7. The van der Waals surface area contributed by atoms with Crippen molar-refractivity contribution in [3.05, 3.63) is 66.0 Å². The fraction of sp³-hybridized carbons (Fsp3) is 0.333. The van der Waals surface area contributed by atoms with E-state index < -0.39 is 0 Å². The minimum Gasteiger partial charge on any atom is -0.342 e. The largest absolute Gasteiger partial charge is 0.342 e. The number of amides is 2. The van der Waals surface area contributed by atoms with Crippen molar-refractivity contribution in [2.24, 2.45) is 5.41 Å². The van der Waals surface area contributed by atoms with Crippen LogP contribution in [0.4, 0.5) is 10.1 Å². The van der Waals surface area contributed by atoms with Crippen LogP contribution in [0.1, 0.15) is 18.4 Å². The topological polar surface area (TPSA) is 40.6 Å². The summed E-state index contributed by atoms with van der Waals surface area (Å²) in [7, 11) is 0. The number of hydrogen-bond acceptors (Lipinski definition) is 2. The predicted molar refractivity (Wildman–Crippen MR) is 97.1 cm³/mol. The first-order chi connectivity index (χ1) is 12.5. The molecule has 2 saturated heterocycles. The van der Waals surface area contributed by atoms with Gasteiger partial charge >= 0.3 is 0 Å². The summed E-state index contributed by atoms with van der Waals surface area (Å²) in [6.07, 6.45) is 1.67. The van der Waals surface area contributed by atoms with E-state index in [4.69, 9.17) is 0 Å². The molecule has 4 nitrogen and oxygen atoms in total. The second kappa shape index (κ2) is 6.56. The van der Waals surface area contributed by atoms with Crippen LogP contribution >= 0.6 is 0 Å². The van der Waals surface area contributed by atoms with Gasteiger partial charge in [0.05, 0.1) is 6.42 Å². The van der Waals surface area contributed by atoms with Crippen LogP contribution < -0.4 is 4.90 Å². The van der Waals surface area contributed by atoms with Gasteiger partial charge in [0.25, 0.3) is 0 Å². The van der Waals surface area contributed by atoms with Gasteiger partial charge in [-0.15, -0.1) is 0 Å². The molecular weight excluding hydrogens is 331 g/mol. The van der Waals surface area contributed by atoms with Crippen molar-refractivity contribution in [3.63, 3.8) is 0 Å². The number of rotatable bonds is 3. The number of benzene rings is 2. The summed E-state index contributed by atoms with van der Waals surface area (Å²) < 4.78 is 13.1. The summed E-state index contributed by atoms with van der Waals surface area (Å²) in [5.74, 6) is -0.150. The Morgan fingerprint density at radius 3 is 2.50 bits per heavy atom. The molecule has 2 aromatic carbocycles. The Hall–Kier alpha value is -2.69. The molecule has 0 N–H and O–H groups in total. The van der Waals surface area contributed by atoms with E-state index in [1.54, 1.807) is 17.0 Å². The minimum absolute atomic E-state index is 0.0500. The molecular formula is C21H21FN2O2. The Kier molecular flexibility index (Phi) is 4.23. The third-order valence-corrected chi connectivity index (χ3v) is 5.45. The van der Waals surface area contributed by atoms with Crippen LogP contribution in [0, 0.1) is 11.2 Å². The Morgan fingerprint density at radius 1 is 1.04 bits per heavy atom. The predicted octanol–water partition coefficient (Wildman–Crippen LogP) is 3.02. The van der Waals surface area contributed by atoms with Crippen LogP contribution in [0.25, 0.3) is 0 Å². The minimum atomic E-state index is -0.311. The van der Waals surface area contributed by atoms with E-state index in [0.717, 1.165) is 17.7 Å². The van der Waals surface area contributed by atoms with Gasteiger partial charge in [0, 0.05) is 37.2 Å². The number of carbonyl (C=O) groups excluding carboxylic acids is 2. The fourth-order valence-electron chi connectivity index (χ4n) is 4.06. The number of anilines is 1. The van der Waals surface area contributed by atoms with Crippen molar-refractivity contribution in [2.45, 2.75) is 19.3 Å². The molecule has 5 heteroatoms. The highest BCUT2D eigenvalue weighted by atomic mass is 19.1. The summed E-state index contributed by atoms with van der Waals surface area (Å²) in [6, 6.07) is 15.7. The molecule has 2 heterocycles. The SMILES string of the molecule is O=C(Cc1ccccc1)N1CC[C@]2(CC(=O)N(c3ccc(F)cc3)C2)C1. The van der Waals surface area contributed by atoms with Crippen molar-refractivity contribution in [1.82, 2.24) is 4.90 Å². The lowest BCUT2D eigenvalue weighted by atomic mass is 9.86. The van der Waals surface area contributed by atoms with Gasteiger partial charge in [-0.25, -0.2) is 4.39 Å². The highest BCUT2D eigenvalue weighted by molar-refractivity contribution is 5.96. The van der Waals surface area contributed by atoms with Crippen LogP contribution in [0.5, 0.6) is 0 Å². The van der Waals surface area contributed by atoms with Gasteiger partial charge in [-0.05, 0) is 36.2 Å². The first kappa shape index (κ1) is 16.8. The van der Waals surface area contributed by atoms with Crippen molar-refractivity contribution >= 4 is 17.5 Å². The zero-order valence-corrected chi connectivity index (χ0v) is 14.5. The van der Waals surface area contributed by atoms with Crippen LogP contribution in [0.15, 0.2) is 54.6 Å². The number of likely N-dealkylation sites (tertiary alicyclic amines) is 1. The molecule has 1 spiro atoms. The van der Waals surface area contributed by atoms with Crippen molar-refractivity contribution in [3.8, 4) is 0 Å². The molecule has 2 fully saturated rings. The third kappa shape index (κ3) is 3.21. The molecule has 0 aliphatic carbocycles. The molecule has 134 valence electrons. The van der Waals surface area contributed by atoms with Gasteiger partial charge in [-0.3, -0.25) is 9.59 Å². The van der Waals surface area contributed by atoms with Gasteiger partial charge in [0.1, 0.15) is 5.82 Å². The standard InChI is InChI=1S/C21H21FN2O2/c22-17-6-8-18(9-7-17)24-15-21(13-20(24)26)10-11-23(14-21)19(25)12-16-4-2-1-3-5-16/h1-9H,10-15H2/t21-/m0/s1. The fourth-order valence-corrected chi connectivity index (χ4v) is 4.06. The van der Waals surface area contributed by atoms with Gasteiger partial charge < -0.3 is 9.80 Å². The highest BCUT2D eigenvalue weighted by Crippen LogP contribution is 2.42. The Labute approximate surface area is 152 Å². The molecule has 4 rings (SSSR count). The Morgan fingerprint density at radius 2 is 1.77 bits per heavy atom. The van der Waals surface area contributed by atoms with Gasteiger partial charge in [-0.2, -0.15) is 0 Å². The Bertz CT molecular complexity index is 822. The number of hydrogen-bond donors (Lipinski definition) is 0. The lowest BCUT2D eigenvalue weighted by molar-refractivity contribution is -0.130. The number of carbonyl (C=O) groups is 2. The summed E-state index contributed by atoms with van der Waals surface area (Å²) >= 11 is 0. The number of halogens is 1. The smallest absolute Gasteiger partial charge is 0.227 e. The maximum atomic E-state index is 13.1. The van der Waals surface area contributed by atoms with Crippen LogP contribution in [0.2, 0.25) is 0 Å². The van der Waals surface area contributed by atoms with Crippen LogP contribution in [-0.4, -0.2) is 36.3 Å². The molecule has 0 radical (unpaired) electrons. The van der Waals surface area contributed by atoms with E-state index in [0.29, 0.717) is 32.5 Å². The first-order valence-electron chi connectivity index (χ1n) is 8.92. The molecule has 0 aromatic heterocycles. The maximum absolute atomic E-state index is 13.1. The average Bonchev–Trinajstić information content (AvgIpc) is 3.20. The van der Waals surface area contributed by atoms with E-state index in [9.17, 15) is 14.0 Å². The third-order valence-electron chi connectivity index (χ3n) is 5.45. The second-order valence-electron chi connectivity index (χ2n) is 7.36. The molecule has 2 aliphatic heterocycles. The van der Waals surface area contributed by atoms with Crippen molar-refractivity contribution < 1.29 is 14.0 Å². The van der Waals surface area contributed by atoms with E-state index >= 15 is 0 Å². The first-order valence-corrected chi connectivity index (χ1v) is 8.92. The van der Waals surface area contributed by atoms with Gasteiger partial charge in [-0.1, -0.05) is 30.3 Å². The van der Waals surface area contributed by atoms with Crippen LogP contribution in [0.3, 0.4) is 0 Å². The molecule has 0 bridgehead atoms. The molecule has 26 heavy (non-hydrogen) atoms. The molecule has 1 atom stereocenters. The molecule has 2 amide bonds. The highest BCUT2D eigenvalue weighted by Gasteiger charge is 2.48. The summed E-state index contributed by atoms with van der Waals surface area (Å²) in [6.45, 7) is 1.89. The van der Waals surface area contributed by atoms with Crippen LogP contribution in [-0.2, 0) is 16.0 Å². The molecule has 2 aromatic rings. The zero-order chi connectivity index (χ0) is 18.1. The molecule has 0 unspecified atom stereocenters. The lowest BCUT2D eigenvalue weighted by Crippen LogP contribution is -2.34.